The highest BCUT2D eigenvalue weighted by Gasteiger charge is 2.17. The number of ether oxygens (including phenoxy) is 2. The van der Waals surface area contributed by atoms with Gasteiger partial charge >= 0.3 is 0 Å². The van der Waals surface area contributed by atoms with Crippen molar-refractivity contribution in [2.75, 3.05) is 98.1 Å². The number of hydrogen-bond acceptors (Lipinski definition) is 7. The molecule has 1 heterocycles. The zero-order valence-electron chi connectivity index (χ0n) is 20.9. The van der Waals surface area contributed by atoms with E-state index in [0.29, 0.717) is 33.0 Å². The van der Waals surface area contributed by atoms with Crippen LogP contribution in [0, 0.1) is 0 Å². The molecule has 33 heavy (non-hydrogen) atoms. The number of aliphatic hydroxyl groups excluding tert-OH is 1. The van der Waals surface area contributed by atoms with Gasteiger partial charge in [0.05, 0.1) is 32.5 Å². The molecule has 1 fully saturated rings. The number of aliphatic hydroxyl groups is 1. The van der Waals surface area contributed by atoms with E-state index in [9.17, 15) is 5.11 Å². The van der Waals surface area contributed by atoms with Crippen molar-refractivity contribution >= 4 is 9.24 Å². The van der Waals surface area contributed by atoms with Crippen molar-refractivity contribution < 1.29 is 14.6 Å². The molecule has 1 aliphatic rings. The molecule has 1 saturated heterocycles. The summed E-state index contributed by atoms with van der Waals surface area (Å²) >= 11 is 0. The Hall–Kier alpha value is -0.630. The maximum absolute atomic E-state index is 10.6. The first-order valence-electron chi connectivity index (χ1n) is 12.6. The fourth-order valence-corrected chi connectivity index (χ4v) is 4.39. The van der Waals surface area contributed by atoms with Crippen LogP contribution in [-0.2, 0) is 16.1 Å². The van der Waals surface area contributed by atoms with Gasteiger partial charge in [-0.15, -0.1) is 9.24 Å². The van der Waals surface area contributed by atoms with Crippen LogP contribution in [0.4, 0.5) is 0 Å². The second-order valence-electron chi connectivity index (χ2n) is 8.74. The standard InChI is InChI=1S/C25H47N4O3P/c1-3-26-10-14-28(15-11-27(4-2)13-17-29(23-33)16-12-26)20-25(30)22-32-19-18-31-21-24-8-6-5-7-9-24/h5-9,25,30H,3-4,10-23,33H2,1-2H3. The number of nitrogens with zero attached hydrogens (tertiary/aromatic N) is 4. The third-order valence-electron chi connectivity index (χ3n) is 6.35. The van der Waals surface area contributed by atoms with E-state index in [4.69, 9.17) is 9.47 Å². The average molecular weight is 483 g/mol. The second-order valence-corrected chi connectivity index (χ2v) is 9.10. The highest BCUT2D eigenvalue weighted by Crippen LogP contribution is 2.04. The highest BCUT2D eigenvalue weighted by atomic mass is 31.0. The molecule has 0 radical (unpaired) electrons. The van der Waals surface area contributed by atoms with Crippen molar-refractivity contribution in [1.82, 2.24) is 19.6 Å². The van der Waals surface area contributed by atoms with Crippen LogP contribution < -0.4 is 0 Å². The van der Waals surface area contributed by atoms with Gasteiger partial charge in [0.1, 0.15) is 0 Å². The maximum Gasteiger partial charge on any atom is 0.0900 e. The number of hydrogen-bond donors (Lipinski definition) is 1. The van der Waals surface area contributed by atoms with Crippen LogP contribution >= 0.6 is 9.24 Å². The number of rotatable bonds is 12. The summed E-state index contributed by atoms with van der Waals surface area (Å²) in [5, 5.41) is 10.6. The van der Waals surface area contributed by atoms with Crippen molar-refractivity contribution in [2.45, 2.75) is 26.6 Å². The van der Waals surface area contributed by atoms with E-state index in [1.54, 1.807) is 0 Å². The second kappa shape index (κ2) is 17.8. The van der Waals surface area contributed by atoms with Crippen LogP contribution in [0.5, 0.6) is 0 Å². The smallest absolute Gasteiger partial charge is 0.0900 e. The topological polar surface area (TPSA) is 51.7 Å². The van der Waals surface area contributed by atoms with E-state index < -0.39 is 6.10 Å². The molecule has 0 spiro atoms. The van der Waals surface area contributed by atoms with Gasteiger partial charge < -0.3 is 24.4 Å². The molecule has 8 heteroatoms. The van der Waals surface area contributed by atoms with Crippen LogP contribution in [0.25, 0.3) is 0 Å². The van der Waals surface area contributed by atoms with Crippen LogP contribution in [0.1, 0.15) is 19.4 Å². The SMILES string of the molecule is CCN1CCN(CP)CCN(CC)CCN(CC(O)COCCOCc2ccccc2)CC1. The molecule has 1 N–H and O–H groups in total. The monoisotopic (exact) mass is 482 g/mol. The number of likely N-dealkylation sites (N-methyl/N-ethyl adjacent to an activating group) is 2. The molecule has 190 valence electrons. The predicted octanol–water partition coefficient (Wildman–Crippen LogP) is 1.67. The predicted molar refractivity (Wildman–Crippen MR) is 140 cm³/mol. The molecule has 0 aromatic heterocycles. The summed E-state index contributed by atoms with van der Waals surface area (Å²) in [5.74, 6) is 0. The van der Waals surface area contributed by atoms with Crippen molar-refractivity contribution in [2.24, 2.45) is 0 Å². The normalized spacial score (nSPS) is 19.8. The Bertz CT molecular complexity index is 578. The van der Waals surface area contributed by atoms with Crippen molar-refractivity contribution in [3.8, 4) is 0 Å². The van der Waals surface area contributed by atoms with Crippen LogP contribution in [0.15, 0.2) is 30.3 Å². The minimum absolute atomic E-state index is 0.351. The molecule has 0 amide bonds. The largest absolute Gasteiger partial charge is 0.389 e. The van der Waals surface area contributed by atoms with E-state index in [1.807, 2.05) is 18.2 Å². The summed E-state index contributed by atoms with van der Waals surface area (Å²) in [6.45, 7) is 17.7. The van der Waals surface area contributed by atoms with Crippen molar-refractivity contribution in [3.63, 3.8) is 0 Å². The summed E-state index contributed by atoms with van der Waals surface area (Å²) in [6.07, 6.45) is 0.551. The van der Waals surface area contributed by atoms with Gasteiger partial charge in [-0.1, -0.05) is 44.2 Å². The molecule has 1 aromatic carbocycles. The van der Waals surface area contributed by atoms with Gasteiger partial charge in [-0.3, -0.25) is 9.80 Å². The lowest BCUT2D eigenvalue weighted by atomic mass is 10.2. The van der Waals surface area contributed by atoms with Gasteiger partial charge in [0.2, 0.25) is 0 Å². The molecule has 0 bridgehead atoms. The summed E-state index contributed by atoms with van der Waals surface area (Å²) in [4.78, 5) is 9.97. The number of benzene rings is 1. The minimum Gasteiger partial charge on any atom is -0.389 e. The molecular formula is C25H47N4O3P. The van der Waals surface area contributed by atoms with E-state index in [-0.39, 0.29) is 0 Å². The molecule has 1 aromatic rings. The molecule has 7 nitrogen and oxygen atoms in total. The third-order valence-corrected chi connectivity index (χ3v) is 6.86. The van der Waals surface area contributed by atoms with E-state index in [0.717, 1.165) is 77.3 Å². The lowest BCUT2D eigenvalue weighted by molar-refractivity contribution is -0.0120. The van der Waals surface area contributed by atoms with Crippen molar-refractivity contribution in [1.29, 1.82) is 0 Å². The lowest BCUT2D eigenvalue weighted by Crippen LogP contribution is -2.47. The Balaban J connectivity index is 1.72. The average Bonchev–Trinajstić information content (AvgIpc) is 2.84. The van der Waals surface area contributed by atoms with E-state index in [2.05, 4.69) is 54.8 Å². The van der Waals surface area contributed by atoms with Crippen LogP contribution in [-0.4, -0.2) is 129 Å². The molecule has 2 unspecified atom stereocenters. The summed E-state index contributed by atoms with van der Waals surface area (Å²) in [6, 6.07) is 10.1. The maximum atomic E-state index is 10.6. The molecule has 0 saturated carbocycles. The van der Waals surface area contributed by atoms with Crippen molar-refractivity contribution in [3.05, 3.63) is 35.9 Å². The van der Waals surface area contributed by atoms with Gasteiger partial charge in [0.15, 0.2) is 0 Å². The molecule has 0 aliphatic carbocycles. The van der Waals surface area contributed by atoms with E-state index in [1.165, 1.54) is 0 Å². The summed E-state index contributed by atoms with van der Waals surface area (Å²) < 4.78 is 11.4. The first-order chi connectivity index (χ1) is 16.1. The van der Waals surface area contributed by atoms with Gasteiger partial charge in [-0.2, -0.15) is 0 Å². The quantitative estimate of drug-likeness (QED) is 0.359. The fraction of sp³-hybridized carbons (Fsp3) is 0.760. The van der Waals surface area contributed by atoms with Crippen LogP contribution in [0.3, 0.4) is 0 Å². The van der Waals surface area contributed by atoms with Gasteiger partial charge in [0.25, 0.3) is 0 Å². The summed E-state index contributed by atoms with van der Waals surface area (Å²) in [7, 11) is 2.88. The van der Waals surface area contributed by atoms with Gasteiger partial charge in [0, 0.05) is 65.2 Å². The lowest BCUT2D eigenvalue weighted by Gasteiger charge is -2.34. The van der Waals surface area contributed by atoms with Crippen LogP contribution in [0.2, 0.25) is 0 Å². The Morgan fingerprint density at radius 1 is 0.788 bits per heavy atom. The minimum atomic E-state index is -0.482. The Labute approximate surface area is 204 Å². The first kappa shape index (κ1) is 28.6. The first-order valence-corrected chi connectivity index (χ1v) is 13.4. The molecule has 1 aliphatic heterocycles. The molecule has 2 rings (SSSR count). The number of β-amino-alcohol motifs (C(OH)–C–C–N with tert-alkyl or cyclic N) is 1. The Morgan fingerprint density at radius 3 is 1.85 bits per heavy atom. The highest BCUT2D eigenvalue weighted by molar-refractivity contribution is 7.16. The van der Waals surface area contributed by atoms with Gasteiger partial charge in [-0.25, -0.2) is 0 Å². The zero-order chi connectivity index (χ0) is 23.7. The Kier molecular flexibility index (Phi) is 15.4. The molecule has 2 atom stereocenters. The molecular weight excluding hydrogens is 435 g/mol. The third kappa shape index (κ3) is 12.6. The fourth-order valence-electron chi connectivity index (χ4n) is 4.03. The Morgan fingerprint density at radius 2 is 1.30 bits per heavy atom. The van der Waals surface area contributed by atoms with Gasteiger partial charge in [-0.05, 0) is 18.7 Å². The zero-order valence-corrected chi connectivity index (χ0v) is 22.1. The van der Waals surface area contributed by atoms with E-state index >= 15 is 0 Å². The summed E-state index contributed by atoms with van der Waals surface area (Å²) in [5.41, 5.74) is 1.16.